The average Bonchev–Trinajstić information content (AvgIpc) is 2.84. The molecule has 6 nitrogen and oxygen atoms in total. The number of aryl methyl sites for hydroxylation is 1. The van der Waals surface area contributed by atoms with Crippen molar-refractivity contribution < 1.29 is 4.79 Å². The lowest BCUT2D eigenvalue weighted by Crippen LogP contribution is -2.30. The second-order valence-electron chi connectivity index (χ2n) is 8.47. The number of anilines is 2. The number of piperidine rings is 1. The number of aromatic nitrogens is 1. The maximum Gasteiger partial charge on any atom is 0.257 e. The molecule has 0 unspecified atom stereocenters. The van der Waals surface area contributed by atoms with Crippen molar-refractivity contribution in [3.05, 3.63) is 71.7 Å². The summed E-state index contributed by atoms with van der Waals surface area (Å²) in [6.45, 7) is 10.1. The number of hydrogen-bond acceptors (Lipinski definition) is 5. The van der Waals surface area contributed by atoms with E-state index in [1.54, 1.807) is 12.2 Å². The number of pyridine rings is 1. The first-order valence-electron chi connectivity index (χ1n) is 11.6. The van der Waals surface area contributed by atoms with Crippen molar-refractivity contribution in [2.75, 3.05) is 23.3 Å². The van der Waals surface area contributed by atoms with Crippen LogP contribution in [0.5, 0.6) is 0 Å². The normalized spacial score (nSPS) is 14.8. The zero-order valence-corrected chi connectivity index (χ0v) is 19.7. The van der Waals surface area contributed by atoms with Crippen LogP contribution in [0.1, 0.15) is 50.3 Å². The molecule has 0 bridgehead atoms. The third-order valence-electron chi connectivity index (χ3n) is 5.85. The molecule has 0 saturated carbocycles. The number of carbonyl (C=O) groups excluding carboxylic acids is 1. The molecule has 0 aliphatic carbocycles. The van der Waals surface area contributed by atoms with Crippen LogP contribution in [0.15, 0.2) is 60.5 Å². The molecular formula is C27H35N5O. The van der Waals surface area contributed by atoms with E-state index in [-0.39, 0.29) is 5.91 Å². The fraction of sp³-hybridized carbons (Fsp3) is 0.333. The van der Waals surface area contributed by atoms with Crippen LogP contribution in [0, 0.1) is 6.92 Å². The van der Waals surface area contributed by atoms with Crippen molar-refractivity contribution >= 4 is 23.5 Å². The summed E-state index contributed by atoms with van der Waals surface area (Å²) in [4.78, 5) is 19.9. The Labute approximate surface area is 197 Å². The lowest BCUT2D eigenvalue weighted by molar-refractivity contribution is -0.112. The van der Waals surface area contributed by atoms with Crippen molar-refractivity contribution in [1.29, 1.82) is 0 Å². The molecule has 174 valence electrons. The number of nitrogens with zero attached hydrogens (tertiary/aromatic N) is 2. The summed E-state index contributed by atoms with van der Waals surface area (Å²) in [5.41, 5.74) is 17.4. The first-order valence-corrected chi connectivity index (χ1v) is 11.6. The maximum absolute atomic E-state index is 12.8. The molecule has 1 amide bonds. The molecule has 1 saturated heterocycles. The van der Waals surface area contributed by atoms with Crippen LogP contribution in [0.25, 0.3) is 17.2 Å². The topological polar surface area (TPSA) is 97.3 Å². The minimum atomic E-state index is -0.290. The molecule has 0 radical (unpaired) electrons. The zero-order chi connectivity index (χ0) is 23.8. The fourth-order valence-electron chi connectivity index (χ4n) is 4.05. The van der Waals surface area contributed by atoms with Crippen molar-refractivity contribution in [2.45, 2.75) is 46.0 Å². The van der Waals surface area contributed by atoms with Crippen LogP contribution in [-0.2, 0) is 4.79 Å². The van der Waals surface area contributed by atoms with Gasteiger partial charge in [0.1, 0.15) is 5.82 Å². The minimum Gasteiger partial charge on any atom is -0.404 e. The fourth-order valence-corrected chi connectivity index (χ4v) is 4.05. The van der Waals surface area contributed by atoms with Gasteiger partial charge in [-0.15, -0.1) is 0 Å². The molecule has 2 heterocycles. The van der Waals surface area contributed by atoms with Crippen LogP contribution in [0.4, 0.5) is 11.5 Å². The molecule has 0 atom stereocenters. The minimum absolute atomic E-state index is 0.290. The Morgan fingerprint density at radius 1 is 1.21 bits per heavy atom. The van der Waals surface area contributed by atoms with Gasteiger partial charge in [0.2, 0.25) is 0 Å². The lowest BCUT2D eigenvalue weighted by atomic mass is 9.99. The molecule has 3 rings (SSSR count). The Morgan fingerprint density at radius 2 is 1.97 bits per heavy atom. The van der Waals surface area contributed by atoms with Gasteiger partial charge in [0, 0.05) is 30.7 Å². The summed E-state index contributed by atoms with van der Waals surface area (Å²) in [5.74, 6) is 0.683. The van der Waals surface area contributed by atoms with E-state index in [0.717, 1.165) is 47.7 Å². The zero-order valence-electron chi connectivity index (χ0n) is 19.7. The van der Waals surface area contributed by atoms with Crippen molar-refractivity contribution in [2.24, 2.45) is 11.5 Å². The molecule has 1 aliphatic rings. The third kappa shape index (κ3) is 6.25. The second-order valence-corrected chi connectivity index (χ2v) is 8.47. The molecule has 2 aromatic rings. The van der Waals surface area contributed by atoms with E-state index in [1.165, 1.54) is 25.5 Å². The van der Waals surface area contributed by atoms with Crippen molar-refractivity contribution in [1.82, 2.24) is 4.98 Å². The third-order valence-corrected chi connectivity index (χ3v) is 5.85. The van der Waals surface area contributed by atoms with E-state index in [9.17, 15) is 4.79 Å². The van der Waals surface area contributed by atoms with Gasteiger partial charge in [-0.1, -0.05) is 26.0 Å². The molecule has 0 spiro atoms. The van der Waals surface area contributed by atoms with Gasteiger partial charge in [0.25, 0.3) is 5.91 Å². The Kier molecular flexibility index (Phi) is 8.30. The SMILES string of the molecule is C=Cc1cc(-c2cc(NC(=O)C(/C=C(\N)CCC)=C/N)ccc2C)cc(N2CCCCC2)n1. The number of rotatable bonds is 8. The number of nitrogens with one attached hydrogen (secondary N) is 1. The molecule has 1 fully saturated rings. The quantitative estimate of drug-likeness (QED) is 0.387. The Morgan fingerprint density at radius 3 is 2.64 bits per heavy atom. The summed E-state index contributed by atoms with van der Waals surface area (Å²) in [6.07, 6.45) is 9.96. The predicted octanol–water partition coefficient (Wildman–Crippen LogP) is 5.11. The van der Waals surface area contributed by atoms with Gasteiger partial charge in [-0.3, -0.25) is 4.79 Å². The molecule has 1 aromatic heterocycles. The first-order chi connectivity index (χ1) is 15.9. The van der Waals surface area contributed by atoms with Crippen molar-refractivity contribution in [3.8, 4) is 11.1 Å². The number of hydrogen-bond donors (Lipinski definition) is 3. The van der Waals surface area contributed by atoms with Gasteiger partial charge in [0.05, 0.1) is 11.3 Å². The van der Waals surface area contributed by atoms with Gasteiger partial charge in [-0.05, 0) is 85.7 Å². The second kappa shape index (κ2) is 11.4. The van der Waals surface area contributed by atoms with Gasteiger partial charge >= 0.3 is 0 Å². The molecule has 1 aromatic carbocycles. The predicted molar refractivity (Wildman–Crippen MR) is 139 cm³/mol. The van der Waals surface area contributed by atoms with E-state index in [2.05, 4.69) is 29.8 Å². The summed E-state index contributed by atoms with van der Waals surface area (Å²) >= 11 is 0. The molecule has 33 heavy (non-hydrogen) atoms. The number of carbonyl (C=O) groups is 1. The van der Waals surface area contributed by atoms with E-state index >= 15 is 0 Å². The maximum atomic E-state index is 12.8. The lowest BCUT2D eigenvalue weighted by Gasteiger charge is -2.28. The van der Waals surface area contributed by atoms with E-state index < -0.39 is 0 Å². The standard InChI is InChI=1S/C27H35N5O/c1-4-9-22(29)14-21(18-28)27(33)31-24-11-10-19(3)25(17-24)20-15-23(5-2)30-26(16-20)32-12-7-6-8-13-32/h5,10-11,14-18H,2,4,6-9,12-13,28-29H2,1,3H3,(H,31,33)/b21-18+,22-14-. The van der Waals surface area contributed by atoms with Crippen LogP contribution in [0.3, 0.4) is 0 Å². The van der Waals surface area contributed by atoms with Gasteiger partial charge < -0.3 is 21.7 Å². The smallest absolute Gasteiger partial charge is 0.257 e. The Hall–Kier alpha value is -3.54. The Balaban J connectivity index is 1.91. The van der Waals surface area contributed by atoms with E-state index in [1.807, 2.05) is 31.2 Å². The number of allylic oxidation sites excluding steroid dienone is 1. The molecule has 6 heteroatoms. The van der Waals surface area contributed by atoms with Crippen LogP contribution in [-0.4, -0.2) is 24.0 Å². The molecule has 5 N–H and O–H groups in total. The summed E-state index contributed by atoms with van der Waals surface area (Å²) < 4.78 is 0. The van der Waals surface area contributed by atoms with Gasteiger partial charge in [-0.2, -0.15) is 0 Å². The first kappa shape index (κ1) is 24.1. The highest BCUT2D eigenvalue weighted by atomic mass is 16.1. The Bertz CT molecular complexity index is 1060. The van der Waals surface area contributed by atoms with Gasteiger partial charge in [-0.25, -0.2) is 4.98 Å². The highest BCUT2D eigenvalue weighted by molar-refractivity contribution is 6.06. The van der Waals surface area contributed by atoms with Gasteiger partial charge in [0.15, 0.2) is 0 Å². The number of amides is 1. The number of nitrogens with two attached hydrogens (primary N) is 2. The molecule has 1 aliphatic heterocycles. The summed E-state index contributed by atoms with van der Waals surface area (Å²) in [6, 6.07) is 10.1. The van der Waals surface area contributed by atoms with Crippen LogP contribution in [0.2, 0.25) is 0 Å². The average molecular weight is 446 g/mol. The summed E-state index contributed by atoms with van der Waals surface area (Å²) in [7, 11) is 0. The summed E-state index contributed by atoms with van der Waals surface area (Å²) in [5, 5.41) is 2.95. The van der Waals surface area contributed by atoms with Crippen molar-refractivity contribution in [3.63, 3.8) is 0 Å². The van der Waals surface area contributed by atoms with Crippen LogP contribution < -0.4 is 21.7 Å². The highest BCUT2D eigenvalue weighted by Crippen LogP contribution is 2.31. The molecular weight excluding hydrogens is 410 g/mol. The van der Waals surface area contributed by atoms with Crippen LogP contribution >= 0.6 is 0 Å². The monoisotopic (exact) mass is 445 g/mol. The van der Waals surface area contributed by atoms with E-state index in [0.29, 0.717) is 23.4 Å². The number of benzene rings is 1. The largest absolute Gasteiger partial charge is 0.404 e. The van der Waals surface area contributed by atoms with E-state index in [4.69, 9.17) is 16.5 Å². The highest BCUT2D eigenvalue weighted by Gasteiger charge is 2.15.